The van der Waals surface area contributed by atoms with E-state index in [2.05, 4.69) is 73.9 Å². The number of benzene rings is 2. The smallest absolute Gasteiger partial charge is 0.263 e. The molecule has 1 aliphatic rings. The number of thiophene rings is 1. The Labute approximate surface area is 180 Å². The molecule has 1 aliphatic heterocycles. The monoisotopic (exact) mass is 415 g/mol. The quantitative estimate of drug-likeness (QED) is 0.416. The molecule has 0 radical (unpaired) electrons. The number of fused-ring (bicyclic) bond motifs is 5. The number of carbonyl (C=O) groups is 1. The van der Waals surface area contributed by atoms with Gasteiger partial charge in [0, 0.05) is 33.6 Å². The summed E-state index contributed by atoms with van der Waals surface area (Å²) in [4.78, 5) is 18.4. The van der Waals surface area contributed by atoms with Gasteiger partial charge in [0.2, 0.25) is 0 Å². The van der Waals surface area contributed by atoms with Gasteiger partial charge in [0.15, 0.2) is 0 Å². The SMILES string of the molecule is Cc1cc(-c2ccc3c(ccc4sc5c(c43)NC[C@@H](C)NC5=O)n2)cc(C(C)C)c1. The molecule has 4 nitrogen and oxygen atoms in total. The number of rotatable bonds is 2. The fourth-order valence-corrected chi connectivity index (χ4v) is 5.28. The van der Waals surface area contributed by atoms with Gasteiger partial charge in [-0.25, -0.2) is 4.98 Å². The number of hydrogen-bond acceptors (Lipinski definition) is 4. The summed E-state index contributed by atoms with van der Waals surface area (Å²) in [6.45, 7) is 9.31. The molecule has 0 bridgehead atoms. The molecule has 30 heavy (non-hydrogen) atoms. The van der Waals surface area contributed by atoms with E-state index in [1.807, 2.05) is 6.92 Å². The number of carbonyl (C=O) groups excluding carboxylic acids is 1. The van der Waals surface area contributed by atoms with Crippen molar-refractivity contribution in [2.45, 2.75) is 39.7 Å². The van der Waals surface area contributed by atoms with Crippen LogP contribution in [0.25, 0.3) is 32.2 Å². The van der Waals surface area contributed by atoms with Gasteiger partial charge in [0.25, 0.3) is 5.91 Å². The maximum absolute atomic E-state index is 12.6. The molecule has 0 fully saturated rings. The van der Waals surface area contributed by atoms with Gasteiger partial charge in [0.05, 0.1) is 16.9 Å². The fourth-order valence-electron chi connectivity index (χ4n) is 4.18. The molecule has 0 saturated carbocycles. The zero-order valence-electron chi connectivity index (χ0n) is 17.7. The lowest BCUT2D eigenvalue weighted by Crippen LogP contribution is -2.34. The van der Waals surface area contributed by atoms with Gasteiger partial charge in [-0.3, -0.25) is 4.79 Å². The van der Waals surface area contributed by atoms with Crippen molar-refractivity contribution < 1.29 is 4.79 Å². The lowest BCUT2D eigenvalue weighted by atomic mass is 9.96. The summed E-state index contributed by atoms with van der Waals surface area (Å²) in [5.41, 5.74) is 6.60. The molecule has 1 atom stereocenters. The van der Waals surface area contributed by atoms with E-state index in [-0.39, 0.29) is 11.9 Å². The van der Waals surface area contributed by atoms with Crippen LogP contribution in [-0.4, -0.2) is 23.5 Å². The second-order valence-electron chi connectivity index (χ2n) is 8.55. The molecule has 152 valence electrons. The molecule has 2 N–H and O–H groups in total. The van der Waals surface area contributed by atoms with Crippen LogP contribution in [0.4, 0.5) is 5.69 Å². The first kappa shape index (κ1) is 19.1. The zero-order chi connectivity index (χ0) is 21.0. The second-order valence-corrected chi connectivity index (χ2v) is 9.60. The highest BCUT2D eigenvalue weighted by Gasteiger charge is 2.24. The van der Waals surface area contributed by atoms with Gasteiger partial charge in [-0.15, -0.1) is 11.3 Å². The summed E-state index contributed by atoms with van der Waals surface area (Å²) in [7, 11) is 0. The lowest BCUT2D eigenvalue weighted by molar-refractivity contribution is 0.0949. The number of nitrogens with zero attached hydrogens (tertiary/aromatic N) is 1. The van der Waals surface area contributed by atoms with E-state index >= 15 is 0 Å². The Balaban J connectivity index is 1.69. The highest BCUT2D eigenvalue weighted by Crippen LogP contribution is 2.41. The van der Waals surface area contributed by atoms with Crippen LogP contribution in [-0.2, 0) is 0 Å². The van der Waals surface area contributed by atoms with Crippen LogP contribution in [0, 0.1) is 6.92 Å². The third kappa shape index (κ3) is 3.14. The Hall–Kier alpha value is -2.92. The van der Waals surface area contributed by atoms with Gasteiger partial charge >= 0.3 is 0 Å². The highest BCUT2D eigenvalue weighted by atomic mass is 32.1. The Morgan fingerprint density at radius 3 is 2.77 bits per heavy atom. The molecule has 1 amide bonds. The van der Waals surface area contributed by atoms with Gasteiger partial charge in [-0.05, 0) is 61.7 Å². The first-order valence-electron chi connectivity index (χ1n) is 10.4. The Kier molecular flexibility index (Phi) is 4.51. The van der Waals surface area contributed by atoms with Crippen LogP contribution in [0.15, 0.2) is 42.5 Å². The molecule has 2 aromatic carbocycles. The largest absolute Gasteiger partial charge is 0.381 e. The molecule has 0 unspecified atom stereocenters. The van der Waals surface area contributed by atoms with Crippen LogP contribution in [0.3, 0.4) is 0 Å². The number of nitrogens with one attached hydrogen (secondary N) is 2. The maximum Gasteiger partial charge on any atom is 0.263 e. The topological polar surface area (TPSA) is 54.0 Å². The Bertz CT molecular complexity index is 1300. The average Bonchev–Trinajstić information content (AvgIpc) is 3.04. The molecule has 3 heterocycles. The van der Waals surface area contributed by atoms with Crippen molar-refractivity contribution in [3.05, 3.63) is 58.5 Å². The standard InChI is InChI=1S/C25H25N3OS/c1-13(2)16-9-14(3)10-17(11-16)19-6-5-18-20(28-19)7-8-21-22(18)23-24(30-21)25(29)27-15(4)12-26-23/h5-11,13,15,26H,12H2,1-4H3,(H,27,29)/t15-/m1/s1. The lowest BCUT2D eigenvalue weighted by Gasteiger charge is -2.12. The molecule has 5 rings (SSSR count). The fraction of sp³-hybridized carbons (Fsp3) is 0.280. The van der Waals surface area contributed by atoms with Gasteiger partial charge in [0.1, 0.15) is 4.88 Å². The summed E-state index contributed by atoms with van der Waals surface area (Å²) in [6, 6.07) is 15.2. The minimum Gasteiger partial charge on any atom is -0.381 e. The van der Waals surface area contributed by atoms with Crippen LogP contribution < -0.4 is 10.6 Å². The molecule has 5 heteroatoms. The number of hydrogen-bond donors (Lipinski definition) is 2. The molecular formula is C25H25N3OS. The molecule has 4 aromatic rings. The van der Waals surface area contributed by atoms with Gasteiger partial charge in [-0.1, -0.05) is 25.5 Å². The van der Waals surface area contributed by atoms with Gasteiger partial charge in [-0.2, -0.15) is 0 Å². The summed E-state index contributed by atoms with van der Waals surface area (Å²) in [5, 5.41) is 8.73. The third-order valence-corrected chi connectivity index (χ3v) is 6.91. The molecule has 2 aromatic heterocycles. The van der Waals surface area contributed by atoms with Crippen molar-refractivity contribution in [1.82, 2.24) is 10.3 Å². The van der Waals surface area contributed by atoms with Crippen LogP contribution >= 0.6 is 11.3 Å². The number of aromatic nitrogens is 1. The average molecular weight is 416 g/mol. The Morgan fingerprint density at radius 2 is 1.97 bits per heavy atom. The van der Waals surface area contributed by atoms with E-state index in [4.69, 9.17) is 4.98 Å². The summed E-state index contributed by atoms with van der Waals surface area (Å²) in [5.74, 6) is 0.479. The Morgan fingerprint density at radius 1 is 1.13 bits per heavy atom. The van der Waals surface area contributed by atoms with E-state index in [9.17, 15) is 4.79 Å². The minimum atomic E-state index is 0.00223. The van der Waals surface area contributed by atoms with E-state index in [1.165, 1.54) is 11.1 Å². The third-order valence-electron chi connectivity index (χ3n) is 5.75. The van der Waals surface area contributed by atoms with Crippen molar-refractivity contribution in [2.24, 2.45) is 0 Å². The van der Waals surface area contributed by atoms with Crippen molar-refractivity contribution >= 4 is 43.9 Å². The summed E-state index contributed by atoms with van der Waals surface area (Å²) >= 11 is 1.54. The van der Waals surface area contributed by atoms with Crippen LogP contribution in [0.2, 0.25) is 0 Å². The first-order chi connectivity index (χ1) is 14.4. The van der Waals surface area contributed by atoms with Crippen molar-refractivity contribution in [2.75, 3.05) is 11.9 Å². The predicted octanol–water partition coefficient (Wildman–Crippen LogP) is 6.09. The molecular weight excluding hydrogens is 390 g/mol. The van der Waals surface area contributed by atoms with Crippen LogP contribution in [0.1, 0.15) is 47.5 Å². The zero-order valence-corrected chi connectivity index (χ0v) is 18.5. The van der Waals surface area contributed by atoms with E-state index in [1.54, 1.807) is 11.3 Å². The van der Waals surface area contributed by atoms with E-state index in [0.29, 0.717) is 12.5 Å². The number of amides is 1. The van der Waals surface area contributed by atoms with E-state index in [0.717, 1.165) is 42.8 Å². The predicted molar refractivity (Wildman–Crippen MR) is 127 cm³/mol. The minimum absolute atomic E-state index is 0.00223. The maximum atomic E-state index is 12.6. The number of aryl methyl sites for hydroxylation is 1. The molecule has 0 aliphatic carbocycles. The summed E-state index contributed by atoms with van der Waals surface area (Å²) in [6.07, 6.45) is 0. The molecule has 0 saturated heterocycles. The van der Waals surface area contributed by atoms with Crippen LogP contribution in [0.5, 0.6) is 0 Å². The summed E-state index contributed by atoms with van der Waals surface area (Å²) < 4.78 is 1.11. The first-order valence-corrected chi connectivity index (χ1v) is 11.3. The van der Waals surface area contributed by atoms with Crippen molar-refractivity contribution in [3.8, 4) is 11.3 Å². The number of pyridine rings is 1. The van der Waals surface area contributed by atoms with Gasteiger partial charge < -0.3 is 10.6 Å². The van der Waals surface area contributed by atoms with E-state index < -0.39 is 0 Å². The highest BCUT2D eigenvalue weighted by molar-refractivity contribution is 7.21. The molecule has 0 spiro atoms. The van der Waals surface area contributed by atoms with Crippen molar-refractivity contribution in [3.63, 3.8) is 0 Å². The normalized spacial score (nSPS) is 16.4. The second kappa shape index (κ2) is 7.10. The van der Waals surface area contributed by atoms with Crippen molar-refractivity contribution in [1.29, 1.82) is 0 Å². The number of anilines is 1.